The molecule has 0 aliphatic rings. The fourth-order valence-corrected chi connectivity index (χ4v) is 2.30. The van der Waals surface area contributed by atoms with Crippen LogP contribution in [0.2, 0.25) is 5.02 Å². The molecule has 5 nitrogen and oxygen atoms in total. The van der Waals surface area contributed by atoms with E-state index in [9.17, 15) is 9.90 Å². The smallest absolute Gasteiger partial charge is 0.281 e. The molecule has 0 radical (unpaired) electrons. The third kappa shape index (κ3) is 3.28. The Labute approximate surface area is 124 Å². The molecule has 0 aliphatic heterocycles. The Morgan fingerprint density at radius 3 is 3.00 bits per heavy atom. The van der Waals surface area contributed by atoms with Crippen molar-refractivity contribution >= 4 is 35.1 Å². The highest BCUT2D eigenvalue weighted by Gasteiger charge is 2.09. The number of aromatic hydroxyl groups is 1. The van der Waals surface area contributed by atoms with Crippen molar-refractivity contribution in [2.75, 3.05) is 7.11 Å². The van der Waals surface area contributed by atoms with Crippen molar-refractivity contribution < 1.29 is 14.6 Å². The number of halogens is 1. The Kier molecular flexibility index (Phi) is 4.60. The first-order valence-electron chi connectivity index (χ1n) is 5.55. The average molecular weight is 311 g/mol. The number of carbonyl (C=O) groups is 1. The van der Waals surface area contributed by atoms with Gasteiger partial charge in [-0.25, -0.2) is 5.43 Å². The summed E-state index contributed by atoms with van der Waals surface area (Å²) in [5, 5.41) is 15.9. The number of carbonyl (C=O) groups excluding carboxylic acids is 1. The van der Waals surface area contributed by atoms with Crippen LogP contribution >= 0.6 is 22.9 Å². The molecule has 0 spiro atoms. The van der Waals surface area contributed by atoms with E-state index in [2.05, 4.69) is 10.5 Å². The zero-order valence-corrected chi connectivity index (χ0v) is 12.0. The van der Waals surface area contributed by atoms with Crippen LogP contribution in [0.5, 0.6) is 11.5 Å². The van der Waals surface area contributed by atoms with Crippen molar-refractivity contribution in [1.29, 1.82) is 0 Å². The van der Waals surface area contributed by atoms with Crippen molar-refractivity contribution in [3.05, 3.63) is 45.1 Å². The number of phenolic OH excluding ortho intramolecular Hbond substituents is 1. The van der Waals surface area contributed by atoms with Crippen LogP contribution in [-0.4, -0.2) is 24.3 Å². The molecule has 0 fully saturated rings. The first kappa shape index (κ1) is 14.4. The molecule has 2 aromatic rings. The van der Waals surface area contributed by atoms with Crippen molar-refractivity contribution in [2.24, 2.45) is 5.10 Å². The molecule has 0 atom stereocenters. The molecule has 7 heteroatoms. The van der Waals surface area contributed by atoms with Gasteiger partial charge in [0.25, 0.3) is 5.91 Å². The van der Waals surface area contributed by atoms with Crippen LogP contribution in [-0.2, 0) is 0 Å². The predicted molar refractivity (Wildman–Crippen MR) is 79.0 cm³/mol. The monoisotopic (exact) mass is 310 g/mol. The van der Waals surface area contributed by atoms with E-state index >= 15 is 0 Å². The number of hydrogen-bond acceptors (Lipinski definition) is 5. The number of nitrogens with one attached hydrogen (secondary N) is 1. The highest BCUT2D eigenvalue weighted by molar-refractivity contribution is 7.12. The molecule has 0 unspecified atom stereocenters. The SMILES string of the molecule is COc1cc(Cl)cc(/C=N/NC(=O)c2cccs2)c1O. The van der Waals surface area contributed by atoms with Crippen LogP contribution in [0.15, 0.2) is 34.7 Å². The van der Waals surface area contributed by atoms with Gasteiger partial charge in [-0.05, 0) is 17.5 Å². The zero-order valence-electron chi connectivity index (χ0n) is 10.5. The Hall–Kier alpha value is -2.05. The quantitative estimate of drug-likeness (QED) is 0.674. The van der Waals surface area contributed by atoms with Crippen molar-refractivity contribution in [1.82, 2.24) is 5.43 Å². The second-order valence-corrected chi connectivity index (χ2v) is 5.11. The van der Waals surface area contributed by atoms with Gasteiger partial charge >= 0.3 is 0 Å². The third-order valence-electron chi connectivity index (χ3n) is 2.40. The summed E-state index contributed by atoms with van der Waals surface area (Å²) in [5.41, 5.74) is 2.71. The lowest BCUT2D eigenvalue weighted by atomic mass is 10.2. The number of hydrogen-bond donors (Lipinski definition) is 2. The summed E-state index contributed by atoms with van der Waals surface area (Å²) < 4.78 is 4.97. The van der Waals surface area contributed by atoms with Gasteiger partial charge in [0, 0.05) is 16.7 Å². The van der Waals surface area contributed by atoms with Crippen molar-refractivity contribution in [3.8, 4) is 11.5 Å². The van der Waals surface area contributed by atoms with E-state index < -0.39 is 0 Å². The van der Waals surface area contributed by atoms with Crippen LogP contribution < -0.4 is 10.2 Å². The van der Waals surface area contributed by atoms with Gasteiger partial charge in [-0.15, -0.1) is 11.3 Å². The van der Waals surface area contributed by atoms with E-state index in [1.807, 2.05) is 0 Å². The van der Waals surface area contributed by atoms with Gasteiger partial charge in [0.05, 0.1) is 18.2 Å². The van der Waals surface area contributed by atoms with Crippen molar-refractivity contribution in [2.45, 2.75) is 0 Å². The van der Waals surface area contributed by atoms with E-state index in [4.69, 9.17) is 16.3 Å². The molecule has 1 aromatic heterocycles. The second kappa shape index (κ2) is 6.40. The minimum Gasteiger partial charge on any atom is -0.504 e. The van der Waals surface area contributed by atoms with Gasteiger partial charge < -0.3 is 9.84 Å². The predicted octanol–water partition coefficient (Wildman–Crippen LogP) is 2.88. The molecule has 0 saturated carbocycles. The number of amides is 1. The second-order valence-electron chi connectivity index (χ2n) is 3.72. The summed E-state index contributed by atoms with van der Waals surface area (Å²) in [4.78, 5) is 12.2. The van der Waals surface area contributed by atoms with E-state index in [0.29, 0.717) is 15.5 Å². The molecule has 1 aromatic carbocycles. The minimum absolute atomic E-state index is 0.0916. The number of thiophene rings is 1. The summed E-state index contributed by atoms with van der Waals surface area (Å²) >= 11 is 7.20. The molecular formula is C13H11ClN2O3S. The number of rotatable bonds is 4. The largest absolute Gasteiger partial charge is 0.504 e. The van der Waals surface area contributed by atoms with Crippen LogP contribution in [0.1, 0.15) is 15.2 Å². The molecule has 20 heavy (non-hydrogen) atoms. The highest BCUT2D eigenvalue weighted by atomic mass is 35.5. The number of nitrogens with zero attached hydrogens (tertiary/aromatic N) is 1. The van der Waals surface area contributed by atoms with E-state index in [0.717, 1.165) is 0 Å². The molecule has 0 aliphatic carbocycles. The average Bonchev–Trinajstić information content (AvgIpc) is 2.96. The van der Waals surface area contributed by atoms with Crippen LogP contribution in [0.4, 0.5) is 0 Å². The highest BCUT2D eigenvalue weighted by Crippen LogP contribution is 2.32. The molecule has 2 N–H and O–H groups in total. The van der Waals surface area contributed by atoms with Crippen LogP contribution in [0, 0.1) is 0 Å². The minimum atomic E-state index is -0.315. The van der Waals surface area contributed by atoms with Crippen LogP contribution in [0.25, 0.3) is 0 Å². The summed E-state index contributed by atoms with van der Waals surface area (Å²) in [6.45, 7) is 0. The maximum Gasteiger partial charge on any atom is 0.281 e. The molecule has 1 amide bonds. The molecule has 104 valence electrons. The maximum absolute atomic E-state index is 11.6. The number of ether oxygens (including phenoxy) is 1. The Balaban J connectivity index is 2.12. The Bertz CT molecular complexity index is 641. The zero-order chi connectivity index (χ0) is 14.5. The van der Waals surface area contributed by atoms with Crippen molar-refractivity contribution in [3.63, 3.8) is 0 Å². The fourth-order valence-electron chi connectivity index (χ4n) is 1.47. The lowest BCUT2D eigenvalue weighted by Crippen LogP contribution is -2.16. The lowest BCUT2D eigenvalue weighted by molar-refractivity contribution is 0.0959. The topological polar surface area (TPSA) is 70.9 Å². The first-order valence-corrected chi connectivity index (χ1v) is 6.81. The van der Waals surface area contributed by atoms with E-state index in [-0.39, 0.29) is 17.4 Å². The number of methoxy groups -OCH3 is 1. The summed E-state index contributed by atoms with van der Waals surface area (Å²) in [6, 6.07) is 6.46. The van der Waals surface area contributed by atoms with E-state index in [1.54, 1.807) is 17.5 Å². The summed E-state index contributed by atoms with van der Waals surface area (Å²) in [6.07, 6.45) is 1.30. The van der Waals surface area contributed by atoms with Gasteiger partial charge in [-0.3, -0.25) is 4.79 Å². The Morgan fingerprint density at radius 1 is 1.55 bits per heavy atom. The standard InChI is InChI=1S/C13H11ClN2O3S/c1-19-10-6-9(14)5-8(12(10)17)7-15-16-13(18)11-3-2-4-20-11/h2-7,17H,1H3,(H,16,18)/b15-7+. The molecule has 0 bridgehead atoms. The van der Waals surface area contributed by atoms with Crippen LogP contribution in [0.3, 0.4) is 0 Å². The number of benzene rings is 1. The summed E-state index contributed by atoms with van der Waals surface area (Å²) in [7, 11) is 1.42. The third-order valence-corrected chi connectivity index (χ3v) is 3.49. The fraction of sp³-hybridized carbons (Fsp3) is 0.0769. The van der Waals surface area contributed by atoms with Gasteiger partial charge in [0.15, 0.2) is 11.5 Å². The summed E-state index contributed by atoms with van der Waals surface area (Å²) in [5.74, 6) is -0.167. The Morgan fingerprint density at radius 2 is 2.35 bits per heavy atom. The molecular weight excluding hydrogens is 300 g/mol. The molecule has 1 heterocycles. The van der Waals surface area contributed by atoms with Gasteiger partial charge in [-0.1, -0.05) is 17.7 Å². The number of hydrazone groups is 1. The normalized spacial score (nSPS) is 10.7. The lowest BCUT2D eigenvalue weighted by Gasteiger charge is -2.06. The number of phenols is 1. The molecule has 2 rings (SSSR count). The first-order chi connectivity index (χ1) is 9.61. The van der Waals surface area contributed by atoms with Gasteiger partial charge in [0.2, 0.25) is 0 Å². The molecule has 0 saturated heterocycles. The maximum atomic E-state index is 11.6. The van der Waals surface area contributed by atoms with Gasteiger partial charge in [-0.2, -0.15) is 5.10 Å². The van der Waals surface area contributed by atoms with E-state index in [1.165, 1.54) is 36.8 Å². The van der Waals surface area contributed by atoms with Gasteiger partial charge in [0.1, 0.15) is 0 Å².